The lowest BCUT2D eigenvalue weighted by Gasteiger charge is -2.19. The van der Waals surface area contributed by atoms with E-state index in [-0.39, 0.29) is 12.2 Å². The summed E-state index contributed by atoms with van der Waals surface area (Å²) < 4.78 is 22.8. The van der Waals surface area contributed by atoms with Gasteiger partial charge in [-0.15, -0.1) is 0 Å². The number of aliphatic carboxylic acids is 1. The standard InChI is InChI=1S/C9H18O4S/c1-7(2)14(12,13)6-5-9(3,4)8(10)11/h7H,5-6H2,1-4H3,(H,10,11). The first-order valence-electron chi connectivity index (χ1n) is 4.54. The van der Waals surface area contributed by atoms with Crippen LogP contribution in [0.2, 0.25) is 0 Å². The number of sulfone groups is 1. The molecular weight excluding hydrogens is 204 g/mol. The van der Waals surface area contributed by atoms with Crippen LogP contribution in [-0.4, -0.2) is 30.5 Å². The number of carbonyl (C=O) groups is 1. The molecule has 0 fully saturated rings. The van der Waals surface area contributed by atoms with Crippen LogP contribution in [0.4, 0.5) is 0 Å². The summed E-state index contributed by atoms with van der Waals surface area (Å²) in [5, 5.41) is 8.34. The molecular formula is C9H18O4S. The Bertz CT molecular complexity index is 301. The zero-order valence-electron chi connectivity index (χ0n) is 9.07. The van der Waals surface area contributed by atoms with Gasteiger partial charge in [0.1, 0.15) is 0 Å². The van der Waals surface area contributed by atoms with Crippen molar-refractivity contribution in [2.45, 2.75) is 39.4 Å². The molecule has 0 saturated carbocycles. The summed E-state index contributed by atoms with van der Waals surface area (Å²) in [5.41, 5.74) is -0.970. The Morgan fingerprint density at radius 1 is 1.36 bits per heavy atom. The van der Waals surface area contributed by atoms with Crippen LogP contribution in [0.25, 0.3) is 0 Å². The van der Waals surface area contributed by atoms with E-state index in [0.29, 0.717) is 0 Å². The SMILES string of the molecule is CC(C)S(=O)(=O)CCC(C)(C)C(=O)O. The molecule has 0 aromatic heterocycles. The van der Waals surface area contributed by atoms with E-state index in [0.717, 1.165) is 0 Å². The summed E-state index contributed by atoms with van der Waals surface area (Å²) in [6.07, 6.45) is 0.156. The Kier molecular flexibility index (Phi) is 4.12. The molecule has 0 aromatic rings. The third kappa shape index (κ3) is 3.65. The zero-order chi connectivity index (χ0) is 11.6. The molecule has 0 bridgehead atoms. The Labute approximate surface area is 85.2 Å². The van der Waals surface area contributed by atoms with Gasteiger partial charge in [0.15, 0.2) is 9.84 Å². The van der Waals surface area contributed by atoms with E-state index in [9.17, 15) is 13.2 Å². The Morgan fingerprint density at radius 3 is 2.07 bits per heavy atom. The molecule has 5 heteroatoms. The highest BCUT2D eigenvalue weighted by Gasteiger charge is 2.29. The van der Waals surface area contributed by atoms with E-state index in [4.69, 9.17) is 5.11 Å². The van der Waals surface area contributed by atoms with E-state index < -0.39 is 26.5 Å². The zero-order valence-corrected chi connectivity index (χ0v) is 9.89. The summed E-state index contributed by atoms with van der Waals surface area (Å²) in [5.74, 6) is -1.03. The number of carboxylic acid groups (broad SMARTS) is 1. The van der Waals surface area contributed by atoms with Crippen molar-refractivity contribution in [3.8, 4) is 0 Å². The van der Waals surface area contributed by atoms with Crippen LogP contribution >= 0.6 is 0 Å². The van der Waals surface area contributed by atoms with E-state index >= 15 is 0 Å². The second-order valence-electron chi connectivity index (χ2n) is 4.35. The molecule has 0 heterocycles. The van der Waals surface area contributed by atoms with Crippen molar-refractivity contribution in [3.05, 3.63) is 0 Å². The molecule has 1 N–H and O–H groups in total. The van der Waals surface area contributed by atoms with E-state index in [2.05, 4.69) is 0 Å². The van der Waals surface area contributed by atoms with Crippen LogP contribution in [0.3, 0.4) is 0 Å². The van der Waals surface area contributed by atoms with Crippen molar-refractivity contribution in [2.75, 3.05) is 5.75 Å². The molecule has 0 rings (SSSR count). The summed E-state index contributed by atoms with van der Waals surface area (Å²) in [7, 11) is -3.13. The lowest BCUT2D eigenvalue weighted by atomic mass is 9.91. The van der Waals surface area contributed by atoms with Gasteiger partial charge in [-0.05, 0) is 34.1 Å². The molecule has 0 saturated heterocycles. The topological polar surface area (TPSA) is 71.4 Å². The van der Waals surface area contributed by atoms with Gasteiger partial charge in [-0.1, -0.05) is 0 Å². The third-order valence-corrected chi connectivity index (χ3v) is 4.52. The van der Waals surface area contributed by atoms with E-state index in [1.807, 2.05) is 0 Å². The Hall–Kier alpha value is -0.580. The largest absolute Gasteiger partial charge is 0.481 e. The van der Waals surface area contributed by atoms with Crippen molar-refractivity contribution < 1.29 is 18.3 Å². The minimum Gasteiger partial charge on any atom is -0.481 e. The van der Waals surface area contributed by atoms with Crippen LogP contribution in [0, 0.1) is 5.41 Å². The summed E-state index contributed by atoms with van der Waals surface area (Å²) in [6.45, 7) is 6.27. The maximum atomic E-state index is 11.4. The summed E-state index contributed by atoms with van der Waals surface area (Å²) in [6, 6.07) is 0. The van der Waals surface area contributed by atoms with E-state index in [1.165, 1.54) is 13.8 Å². The maximum absolute atomic E-state index is 11.4. The Morgan fingerprint density at radius 2 is 1.79 bits per heavy atom. The van der Waals surface area contributed by atoms with Crippen molar-refractivity contribution in [3.63, 3.8) is 0 Å². The van der Waals surface area contributed by atoms with Crippen LogP contribution < -0.4 is 0 Å². The fourth-order valence-electron chi connectivity index (χ4n) is 0.740. The second kappa shape index (κ2) is 4.29. The van der Waals surface area contributed by atoms with E-state index in [1.54, 1.807) is 13.8 Å². The molecule has 0 aliphatic rings. The van der Waals surface area contributed by atoms with Gasteiger partial charge in [0, 0.05) is 0 Å². The van der Waals surface area contributed by atoms with Gasteiger partial charge in [-0.3, -0.25) is 4.79 Å². The molecule has 4 nitrogen and oxygen atoms in total. The van der Waals surface area contributed by atoms with Gasteiger partial charge < -0.3 is 5.11 Å². The van der Waals surface area contributed by atoms with Gasteiger partial charge in [0.2, 0.25) is 0 Å². The van der Waals surface area contributed by atoms with Gasteiger partial charge >= 0.3 is 5.97 Å². The molecule has 0 aromatic carbocycles. The monoisotopic (exact) mass is 222 g/mol. The lowest BCUT2D eigenvalue weighted by Crippen LogP contribution is -2.28. The quantitative estimate of drug-likeness (QED) is 0.761. The normalized spacial score (nSPS) is 13.2. The maximum Gasteiger partial charge on any atom is 0.309 e. The first-order chi connectivity index (χ1) is 6.09. The van der Waals surface area contributed by atoms with Gasteiger partial charge in [0.25, 0.3) is 0 Å². The molecule has 0 spiro atoms. The smallest absolute Gasteiger partial charge is 0.309 e. The highest BCUT2D eigenvalue weighted by Crippen LogP contribution is 2.22. The number of hydrogen-bond acceptors (Lipinski definition) is 3. The molecule has 0 aliphatic heterocycles. The number of rotatable bonds is 5. The van der Waals surface area contributed by atoms with Crippen molar-refractivity contribution in [2.24, 2.45) is 5.41 Å². The number of hydrogen-bond donors (Lipinski definition) is 1. The minimum atomic E-state index is -3.13. The first kappa shape index (κ1) is 13.4. The third-order valence-electron chi connectivity index (χ3n) is 2.31. The summed E-state index contributed by atoms with van der Waals surface area (Å²) >= 11 is 0. The average Bonchev–Trinajstić information content (AvgIpc) is 2.01. The fourth-order valence-corrected chi connectivity index (χ4v) is 2.01. The molecule has 0 amide bonds. The first-order valence-corrected chi connectivity index (χ1v) is 6.26. The molecule has 14 heavy (non-hydrogen) atoms. The van der Waals surface area contributed by atoms with Gasteiger partial charge in [-0.25, -0.2) is 8.42 Å². The summed E-state index contributed by atoms with van der Waals surface area (Å²) in [4.78, 5) is 10.7. The van der Waals surface area contributed by atoms with Crippen LogP contribution in [0.15, 0.2) is 0 Å². The molecule has 0 atom stereocenters. The Balaban J connectivity index is 4.41. The highest BCUT2D eigenvalue weighted by atomic mass is 32.2. The van der Waals surface area contributed by atoms with Crippen LogP contribution in [0.5, 0.6) is 0 Å². The predicted molar refractivity (Wildman–Crippen MR) is 55.0 cm³/mol. The minimum absolute atomic E-state index is 0.0655. The average molecular weight is 222 g/mol. The molecule has 0 radical (unpaired) electrons. The number of carboxylic acids is 1. The predicted octanol–water partition coefficient (Wildman–Crippen LogP) is 1.31. The highest BCUT2D eigenvalue weighted by molar-refractivity contribution is 7.91. The van der Waals surface area contributed by atoms with Crippen LogP contribution in [0.1, 0.15) is 34.1 Å². The fraction of sp³-hybridized carbons (Fsp3) is 0.889. The lowest BCUT2D eigenvalue weighted by molar-refractivity contribution is -0.146. The van der Waals surface area contributed by atoms with Crippen molar-refractivity contribution in [1.29, 1.82) is 0 Å². The second-order valence-corrected chi connectivity index (χ2v) is 7.03. The van der Waals surface area contributed by atoms with Crippen molar-refractivity contribution in [1.82, 2.24) is 0 Å². The van der Waals surface area contributed by atoms with Gasteiger partial charge in [-0.2, -0.15) is 0 Å². The van der Waals surface area contributed by atoms with Crippen molar-refractivity contribution >= 4 is 15.8 Å². The molecule has 0 unspecified atom stereocenters. The van der Waals surface area contributed by atoms with Crippen LogP contribution in [-0.2, 0) is 14.6 Å². The molecule has 0 aliphatic carbocycles. The molecule has 84 valence electrons. The van der Waals surface area contributed by atoms with Gasteiger partial charge in [0.05, 0.1) is 16.4 Å².